The Hall–Kier alpha value is -3.15. The maximum Gasteiger partial charge on any atom is 0.410 e. The van der Waals surface area contributed by atoms with E-state index in [1.165, 1.54) is 7.11 Å². The van der Waals surface area contributed by atoms with E-state index in [0.717, 1.165) is 16.8 Å². The number of carbonyl (C=O) groups excluding carboxylic acids is 2. The van der Waals surface area contributed by atoms with Crippen LogP contribution in [0, 0.1) is 5.41 Å². The zero-order chi connectivity index (χ0) is 23.4. The van der Waals surface area contributed by atoms with Crippen LogP contribution in [0.25, 0.3) is 0 Å². The molecule has 1 heterocycles. The monoisotopic (exact) mass is 436 g/mol. The number of carbonyl (C=O) groups is 2. The zero-order valence-corrected chi connectivity index (χ0v) is 19.5. The summed E-state index contributed by atoms with van der Waals surface area (Å²) in [6.45, 7) is 7.90. The smallest absolute Gasteiger partial charge is 0.410 e. The number of hydrogen-bond acceptors (Lipinski definition) is 5. The van der Waals surface area contributed by atoms with Crippen molar-refractivity contribution in [3.05, 3.63) is 71.8 Å². The van der Waals surface area contributed by atoms with Gasteiger partial charge in [-0.05, 0) is 34.1 Å². The first-order valence-electron chi connectivity index (χ1n) is 10.9. The molecule has 0 radical (unpaired) electrons. The van der Waals surface area contributed by atoms with Gasteiger partial charge in [0.2, 0.25) is 0 Å². The summed E-state index contributed by atoms with van der Waals surface area (Å²) < 4.78 is 10.7. The second-order valence-corrected chi connectivity index (χ2v) is 9.48. The average molecular weight is 437 g/mol. The molecule has 1 amide bonds. The molecule has 2 aromatic carbocycles. The second-order valence-electron chi connectivity index (χ2n) is 9.48. The van der Waals surface area contributed by atoms with Gasteiger partial charge >= 0.3 is 12.1 Å². The topological polar surface area (TPSA) is 68.2 Å². The van der Waals surface area contributed by atoms with E-state index in [2.05, 4.69) is 0 Å². The minimum absolute atomic E-state index is 0.229. The predicted octanol–water partition coefficient (Wildman–Crippen LogP) is 4.71. The Kier molecular flexibility index (Phi) is 7.02. The zero-order valence-electron chi connectivity index (χ0n) is 19.5. The number of esters is 1. The number of amides is 1. The molecule has 1 saturated heterocycles. The number of nitrogens with zero attached hydrogens (tertiary/aromatic N) is 2. The molecule has 3 rings (SSSR count). The van der Waals surface area contributed by atoms with Crippen LogP contribution < -0.4 is 0 Å². The van der Waals surface area contributed by atoms with Crippen molar-refractivity contribution in [2.75, 3.05) is 20.2 Å². The summed E-state index contributed by atoms with van der Waals surface area (Å²) in [6.07, 6.45) is 0.0239. The van der Waals surface area contributed by atoms with Crippen molar-refractivity contribution < 1.29 is 19.1 Å². The maximum atomic E-state index is 12.9. The lowest BCUT2D eigenvalue weighted by molar-refractivity contribution is -0.155. The molecule has 0 N–H and O–H groups in total. The largest absolute Gasteiger partial charge is 0.469 e. The molecule has 6 heteroatoms. The van der Waals surface area contributed by atoms with E-state index in [4.69, 9.17) is 14.5 Å². The second kappa shape index (κ2) is 9.55. The van der Waals surface area contributed by atoms with Gasteiger partial charge in [-0.15, -0.1) is 0 Å². The van der Waals surface area contributed by atoms with Crippen LogP contribution in [-0.4, -0.2) is 54.5 Å². The van der Waals surface area contributed by atoms with Gasteiger partial charge in [-0.1, -0.05) is 60.7 Å². The Morgan fingerprint density at radius 3 is 2.00 bits per heavy atom. The number of likely N-dealkylation sites (tertiary alicyclic amines) is 1. The predicted molar refractivity (Wildman–Crippen MR) is 125 cm³/mol. The summed E-state index contributed by atoms with van der Waals surface area (Å²) in [7, 11) is 1.37. The Balaban J connectivity index is 2.01. The van der Waals surface area contributed by atoms with E-state index in [0.29, 0.717) is 13.0 Å². The molecule has 2 aromatic rings. The fraction of sp³-hybridized carbons (Fsp3) is 0.423. The van der Waals surface area contributed by atoms with Gasteiger partial charge in [0.25, 0.3) is 0 Å². The van der Waals surface area contributed by atoms with Gasteiger partial charge in [0, 0.05) is 24.2 Å². The van der Waals surface area contributed by atoms with E-state index in [9.17, 15) is 9.59 Å². The molecule has 0 aromatic heterocycles. The molecule has 1 fully saturated rings. The number of hydrogen-bond donors (Lipinski definition) is 0. The first-order chi connectivity index (χ1) is 15.1. The Labute approximate surface area is 190 Å². The van der Waals surface area contributed by atoms with Crippen LogP contribution >= 0.6 is 0 Å². The third kappa shape index (κ3) is 5.75. The lowest BCUT2D eigenvalue weighted by Crippen LogP contribution is -2.54. The normalized spacial score (nSPS) is 20.9. The average Bonchev–Trinajstić information content (AvgIpc) is 2.76. The van der Waals surface area contributed by atoms with Crippen LogP contribution in [0.1, 0.15) is 45.2 Å². The molecule has 0 aliphatic carbocycles. The van der Waals surface area contributed by atoms with E-state index >= 15 is 0 Å². The van der Waals surface area contributed by atoms with Crippen molar-refractivity contribution in [1.29, 1.82) is 0 Å². The van der Waals surface area contributed by atoms with E-state index in [1.54, 1.807) is 4.90 Å². The molecular weight excluding hydrogens is 404 g/mol. The molecule has 6 nitrogen and oxygen atoms in total. The quantitative estimate of drug-likeness (QED) is 0.514. The number of benzene rings is 2. The van der Waals surface area contributed by atoms with Gasteiger partial charge in [0.1, 0.15) is 5.60 Å². The van der Waals surface area contributed by atoms with Gasteiger partial charge < -0.3 is 14.4 Å². The highest BCUT2D eigenvalue weighted by molar-refractivity contribution is 6.13. The highest BCUT2D eigenvalue weighted by atomic mass is 16.6. The van der Waals surface area contributed by atoms with Gasteiger partial charge in [-0.3, -0.25) is 9.79 Å². The van der Waals surface area contributed by atoms with Gasteiger partial charge in [-0.2, -0.15) is 0 Å². The molecule has 2 unspecified atom stereocenters. The lowest BCUT2D eigenvalue weighted by atomic mass is 9.79. The molecule has 0 spiro atoms. The SMILES string of the molecule is COC(=O)C1(C)CC(N=C(c2ccccc2)c2ccccc2)CN(C(=O)OC(C)(C)C)C1. The van der Waals surface area contributed by atoms with Crippen molar-refractivity contribution in [3.8, 4) is 0 Å². The highest BCUT2D eigenvalue weighted by Gasteiger charge is 2.45. The standard InChI is InChI=1S/C26H32N2O4/c1-25(2,3)32-24(30)28-17-21(16-26(4,18-28)23(29)31-5)27-22(19-12-8-6-9-13-19)20-14-10-7-11-15-20/h6-15,21H,16-18H2,1-5H3. The number of rotatable bonds is 4. The van der Waals surface area contributed by atoms with Crippen molar-refractivity contribution in [2.45, 2.75) is 45.8 Å². The number of ether oxygens (including phenoxy) is 2. The van der Waals surface area contributed by atoms with Gasteiger partial charge in [0.05, 0.1) is 24.3 Å². The van der Waals surface area contributed by atoms with Crippen LogP contribution in [0.5, 0.6) is 0 Å². The third-order valence-corrected chi connectivity index (χ3v) is 5.39. The summed E-state index contributed by atoms with van der Waals surface area (Å²) in [6, 6.07) is 19.6. The van der Waals surface area contributed by atoms with E-state index in [1.807, 2.05) is 88.4 Å². The van der Waals surface area contributed by atoms with Crippen molar-refractivity contribution >= 4 is 17.8 Å². The molecule has 1 aliphatic heterocycles. The molecule has 170 valence electrons. The minimum atomic E-state index is -0.878. The van der Waals surface area contributed by atoms with E-state index in [-0.39, 0.29) is 18.6 Å². The molecule has 1 aliphatic rings. The van der Waals surface area contributed by atoms with Crippen LogP contribution in [0.15, 0.2) is 65.7 Å². The molecule has 2 atom stereocenters. The summed E-state index contributed by atoms with van der Waals surface area (Å²) in [4.78, 5) is 32.2. The third-order valence-electron chi connectivity index (χ3n) is 5.39. The number of methoxy groups -OCH3 is 1. The fourth-order valence-corrected chi connectivity index (χ4v) is 4.03. The summed E-state index contributed by atoms with van der Waals surface area (Å²) >= 11 is 0. The van der Waals surface area contributed by atoms with Crippen LogP contribution in [0.4, 0.5) is 4.79 Å². The summed E-state index contributed by atoms with van der Waals surface area (Å²) in [5.41, 5.74) is 1.28. The van der Waals surface area contributed by atoms with Crippen LogP contribution in [-0.2, 0) is 14.3 Å². The minimum Gasteiger partial charge on any atom is -0.469 e. The Morgan fingerprint density at radius 1 is 1.00 bits per heavy atom. The summed E-state index contributed by atoms with van der Waals surface area (Å²) in [5.74, 6) is -0.355. The van der Waals surface area contributed by atoms with Crippen molar-refractivity contribution in [3.63, 3.8) is 0 Å². The fourth-order valence-electron chi connectivity index (χ4n) is 4.03. The molecule has 0 saturated carbocycles. The van der Waals surface area contributed by atoms with Gasteiger partial charge in [0.15, 0.2) is 0 Å². The van der Waals surface area contributed by atoms with Crippen LogP contribution in [0.3, 0.4) is 0 Å². The van der Waals surface area contributed by atoms with Gasteiger partial charge in [-0.25, -0.2) is 4.79 Å². The lowest BCUT2D eigenvalue weighted by Gasteiger charge is -2.41. The highest BCUT2D eigenvalue weighted by Crippen LogP contribution is 2.34. The first-order valence-corrected chi connectivity index (χ1v) is 10.9. The van der Waals surface area contributed by atoms with E-state index < -0.39 is 17.1 Å². The number of piperidine rings is 1. The Bertz CT molecular complexity index is 925. The van der Waals surface area contributed by atoms with Crippen LogP contribution in [0.2, 0.25) is 0 Å². The first kappa shape index (κ1) is 23.5. The molecule has 32 heavy (non-hydrogen) atoms. The molecular formula is C26H32N2O4. The van der Waals surface area contributed by atoms with Crippen molar-refractivity contribution in [1.82, 2.24) is 4.90 Å². The number of aliphatic imine (C=N–C) groups is 1. The maximum absolute atomic E-state index is 12.9. The van der Waals surface area contributed by atoms with Crippen molar-refractivity contribution in [2.24, 2.45) is 10.4 Å². The Morgan fingerprint density at radius 2 is 1.53 bits per heavy atom. The molecule has 0 bridgehead atoms. The summed E-state index contributed by atoms with van der Waals surface area (Å²) in [5, 5.41) is 0.